The van der Waals surface area contributed by atoms with Gasteiger partial charge in [-0.05, 0) is 41.6 Å². The number of unbranched alkanes of at least 4 members (excludes halogenated alkanes) is 1. The molecule has 6 nitrogen and oxygen atoms in total. The lowest BCUT2D eigenvalue weighted by molar-refractivity contribution is -0.131. The Morgan fingerprint density at radius 3 is 1.72 bits per heavy atom. The molecule has 1 heterocycles. The van der Waals surface area contributed by atoms with E-state index in [0.29, 0.717) is 12.8 Å². The van der Waals surface area contributed by atoms with Gasteiger partial charge in [-0.15, -0.1) is 11.8 Å². The maximum Gasteiger partial charge on any atom is 0.331 e. The number of amides is 2. The number of carbonyl (C=O) groups excluding carboxylic acids is 2. The molecule has 3 rings (SSSR count). The summed E-state index contributed by atoms with van der Waals surface area (Å²) < 4.78 is 28.2. The van der Waals surface area contributed by atoms with Crippen LogP contribution in [-0.2, 0) is 32.6 Å². The zero-order chi connectivity index (χ0) is 23.0. The van der Waals surface area contributed by atoms with Crippen molar-refractivity contribution in [2.75, 3.05) is 18.8 Å². The van der Waals surface area contributed by atoms with Crippen LogP contribution in [0.4, 0.5) is 0 Å². The number of hydrogen-bond acceptors (Lipinski definition) is 5. The molecule has 2 aromatic rings. The molecule has 2 amide bonds. The SMILES string of the molecule is CCCCSC=C1C(=O)N(CCc2ccccc2)S(=O)(=O)N(CCc2ccccc2)C1=O. The molecule has 0 N–H and O–H groups in total. The summed E-state index contributed by atoms with van der Waals surface area (Å²) in [7, 11) is -4.25. The van der Waals surface area contributed by atoms with Crippen LogP contribution in [0.5, 0.6) is 0 Å². The van der Waals surface area contributed by atoms with Crippen molar-refractivity contribution in [3.8, 4) is 0 Å². The van der Waals surface area contributed by atoms with Crippen LogP contribution in [0.3, 0.4) is 0 Å². The zero-order valence-corrected chi connectivity index (χ0v) is 19.8. The minimum atomic E-state index is -4.25. The van der Waals surface area contributed by atoms with Crippen molar-refractivity contribution >= 4 is 33.8 Å². The second-order valence-corrected chi connectivity index (χ2v) is 10.2. The molecule has 0 radical (unpaired) electrons. The molecule has 1 aliphatic heterocycles. The first-order valence-corrected chi connectivity index (χ1v) is 13.2. The Morgan fingerprint density at radius 1 is 0.812 bits per heavy atom. The lowest BCUT2D eigenvalue weighted by Gasteiger charge is -2.35. The lowest BCUT2D eigenvalue weighted by Crippen LogP contribution is -2.57. The molecule has 8 heteroatoms. The molecule has 0 saturated carbocycles. The van der Waals surface area contributed by atoms with Crippen LogP contribution in [0.1, 0.15) is 30.9 Å². The van der Waals surface area contributed by atoms with E-state index in [2.05, 4.69) is 6.92 Å². The van der Waals surface area contributed by atoms with Crippen molar-refractivity contribution in [3.63, 3.8) is 0 Å². The quantitative estimate of drug-likeness (QED) is 0.299. The van der Waals surface area contributed by atoms with Crippen molar-refractivity contribution in [3.05, 3.63) is 82.8 Å². The van der Waals surface area contributed by atoms with Crippen LogP contribution in [-0.4, -0.2) is 47.7 Å². The van der Waals surface area contributed by atoms with Crippen LogP contribution >= 0.6 is 11.8 Å². The highest BCUT2D eigenvalue weighted by atomic mass is 32.2. The summed E-state index contributed by atoms with van der Waals surface area (Å²) in [6, 6.07) is 18.8. The second-order valence-electron chi connectivity index (χ2n) is 7.49. The smallest absolute Gasteiger partial charge is 0.268 e. The monoisotopic (exact) mass is 472 g/mol. The Labute approximate surface area is 194 Å². The van der Waals surface area contributed by atoms with E-state index in [9.17, 15) is 18.0 Å². The van der Waals surface area contributed by atoms with Crippen molar-refractivity contribution in [1.29, 1.82) is 0 Å². The molecule has 0 bridgehead atoms. The van der Waals surface area contributed by atoms with E-state index in [0.717, 1.165) is 38.3 Å². The Balaban J connectivity index is 1.85. The van der Waals surface area contributed by atoms with Gasteiger partial charge >= 0.3 is 10.2 Å². The maximum absolute atomic E-state index is 13.3. The van der Waals surface area contributed by atoms with Crippen LogP contribution in [0.15, 0.2) is 71.6 Å². The average Bonchev–Trinajstić information content (AvgIpc) is 2.79. The molecule has 1 aliphatic rings. The molecular weight excluding hydrogens is 444 g/mol. The van der Waals surface area contributed by atoms with Gasteiger partial charge in [0.25, 0.3) is 11.8 Å². The summed E-state index contributed by atoms with van der Waals surface area (Å²) in [5.41, 5.74) is 1.76. The molecule has 170 valence electrons. The third kappa shape index (κ3) is 5.81. The molecule has 1 saturated heterocycles. The summed E-state index contributed by atoms with van der Waals surface area (Å²) in [6.07, 6.45) is 2.70. The van der Waals surface area contributed by atoms with E-state index in [-0.39, 0.29) is 18.7 Å². The van der Waals surface area contributed by atoms with Crippen molar-refractivity contribution in [2.45, 2.75) is 32.6 Å². The van der Waals surface area contributed by atoms with Crippen LogP contribution in [0.25, 0.3) is 0 Å². The van der Waals surface area contributed by atoms with E-state index in [1.54, 1.807) is 0 Å². The van der Waals surface area contributed by atoms with E-state index in [1.807, 2.05) is 60.7 Å². The molecular formula is C24H28N2O4S2. The molecule has 32 heavy (non-hydrogen) atoms. The molecule has 0 spiro atoms. The molecule has 0 aliphatic carbocycles. The van der Waals surface area contributed by atoms with Gasteiger partial charge in [-0.3, -0.25) is 9.59 Å². The van der Waals surface area contributed by atoms with E-state index in [4.69, 9.17) is 0 Å². The van der Waals surface area contributed by atoms with Crippen molar-refractivity contribution in [1.82, 2.24) is 8.61 Å². The number of thioether (sulfide) groups is 1. The lowest BCUT2D eigenvalue weighted by atomic mass is 10.1. The third-order valence-electron chi connectivity index (χ3n) is 5.18. The number of hydrogen-bond donors (Lipinski definition) is 0. The minimum absolute atomic E-state index is 0.0166. The Hall–Kier alpha value is -2.58. The first kappa shape index (κ1) is 24.1. The maximum atomic E-state index is 13.3. The summed E-state index contributed by atoms with van der Waals surface area (Å²) in [5.74, 6) is -0.724. The van der Waals surface area contributed by atoms with E-state index in [1.165, 1.54) is 17.2 Å². The summed E-state index contributed by atoms with van der Waals surface area (Å²) in [6.45, 7) is 2.03. The van der Waals surface area contributed by atoms with Crippen LogP contribution in [0.2, 0.25) is 0 Å². The van der Waals surface area contributed by atoms with Gasteiger partial charge in [0.2, 0.25) is 0 Å². The van der Waals surface area contributed by atoms with Gasteiger partial charge in [0.15, 0.2) is 0 Å². The number of carbonyl (C=O) groups is 2. The van der Waals surface area contributed by atoms with Gasteiger partial charge in [0, 0.05) is 13.1 Å². The Morgan fingerprint density at radius 2 is 1.28 bits per heavy atom. The normalized spacial score (nSPS) is 15.8. The Bertz CT molecular complexity index is 982. The predicted octanol–water partition coefficient (Wildman–Crippen LogP) is 3.80. The highest BCUT2D eigenvalue weighted by Gasteiger charge is 2.46. The molecule has 0 atom stereocenters. The van der Waals surface area contributed by atoms with E-state index < -0.39 is 22.0 Å². The molecule has 0 aromatic heterocycles. The van der Waals surface area contributed by atoms with Gasteiger partial charge in [-0.2, -0.15) is 8.42 Å². The number of nitrogens with zero attached hydrogens (tertiary/aromatic N) is 2. The fourth-order valence-corrected chi connectivity index (χ4v) is 5.78. The predicted molar refractivity (Wildman–Crippen MR) is 128 cm³/mol. The Kier molecular flexibility index (Phi) is 8.53. The van der Waals surface area contributed by atoms with Gasteiger partial charge in [-0.25, -0.2) is 8.61 Å². The fraction of sp³-hybridized carbons (Fsp3) is 0.333. The van der Waals surface area contributed by atoms with E-state index >= 15 is 0 Å². The molecule has 2 aromatic carbocycles. The minimum Gasteiger partial charge on any atom is -0.268 e. The first-order chi connectivity index (χ1) is 15.4. The summed E-state index contributed by atoms with van der Waals surface area (Å²) in [5, 5.41) is 1.53. The topological polar surface area (TPSA) is 74.8 Å². The van der Waals surface area contributed by atoms with Gasteiger partial charge in [0.1, 0.15) is 5.57 Å². The van der Waals surface area contributed by atoms with Gasteiger partial charge in [-0.1, -0.05) is 74.0 Å². The number of benzene rings is 2. The zero-order valence-electron chi connectivity index (χ0n) is 18.1. The first-order valence-electron chi connectivity index (χ1n) is 10.7. The molecule has 0 unspecified atom stereocenters. The van der Waals surface area contributed by atoms with Gasteiger partial charge in [0.05, 0.1) is 0 Å². The summed E-state index contributed by atoms with van der Waals surface area (Å²) >= 11 is 1.37. The average molecular weight is 473 g/mol. The van der Waals surface area contributed by atoms with Crippen LogP contribution in [0, 0.1) is 0 Å². The van der Waals surface area contributed by atoms with Crippen molar-refractivity contribution in [2.24, 2.45) is 0 Å². The highest BCUT2D eigenvalue weighted by Crippen LogP contribution is 2.26. The van der Waals surface area contributed by atoms with Crippen LogP contribution < -0.4 is 0 Å². The molecule has 1 fully saturated rings. The fourth-order valence-electron chi connectivity index (χ4n) is 3.34. The van der Waals surface area contributed by atoms with Gasteiger partial charge < -0.3 is 0 Å². The highest BCUT2D eigenvalue weighted by molar-refractivity contribution is 8.02. The number of rotatable bonds is 10. The second kappa shape index (κ2) is 11.3. The standard InChI is InChI=1S/C24H28N2O4S2/c1-2-3-18-31-19-22-23(27)25(16-14-20-10-6-4-7-11-20)32(29,30)26(24(22)28)17-15-21-12-8-5-9-13-21/h4-13,19H,2-3,14-18H2,1H3. The largest absolute Gasteiger partial charge is 0.331 e. The summed E-state index contributed by atoms with van der Waals surface area (Å²) in [4.78, 5) is 26.1. The third-order valence-corrected chi connectivity index (χ3v) is 7.92. The van der Waals surface area contributed by atoms with Crippen molar-refractivity contribution < 1.29 is 18.0 Å².